The summed E-state index contributed by atoms with van der Waals surface area (Å²) in [4.78, 5) is 8.78. The fraction of sp³-hybridized carbons (Fsp3) is 0.176. The minimum absolute atomic E-state index is 0.301. The summed E-state index contributed by atoms with van der Waals surface area (Å²) in [6, 6.07) is 10.1. The van der Waals surface area contributed by atoms with Crippen LogP contribution >= 0.6 is 0 Å². The third-order valence-corrected chi connectivity index (χ3v) is 3.08. The fourth-order valence-electron chi connectivity index (χ4n) is 1.81. The van der Waals surface area contributed by atoms with Crippen molar-refractivity contribution < 1.29 is 4.39 Å². The average Bonchev–Trinajstić information content (AvgIpc) is 2.49. The summed E-state index contributed by atoms with van der Waals surface area (Å²) in [7, 11) is 0. The van der Waals surface area contributed by atoms with Crippen LogP contribution in [0, 0.1) is 5.82 Å². The highest BCUT2D eigenvalue weighted by atomic mass is 19.1. The number of halogens is 1. The topological polar surface area (TPSA) is 25.2 Å². The van der Waals surface area contributed by atoms with Crippen LogP contribution in [-0.2, 0) is 0 Å². The zero-order valence-electron chi connectivity index (χ0n) is 11.7. The number of nitrogens with zero attached hydrogens (tertiary/aromatic N) is 2. The van der Waals surface area contributed by atoms with Crippen molar-refractivity contribution >= 4 is 17.0 Å². The Morgan fingerprint density at radius 1 is 1.30 bits per heavy atom. The first kappa shape index (κ1) is 14.1. The molecule has 20 heavy (non-hydrogen) atoms. The van der Waals surface area contributed by atoms with E-state index >= 15 is 0 Å². The van der Waals surface area contributed by atoms with Crippen LogP contribution in [0.2, 0.25) is 0 Å². The molecule has 0 saturated carbocycles. The third-order valence-electron chi connectivity index (χ3n) is 3.08. The number of benzene rings is 1. The zero-order valence-corrected chi connectivity index (χ0v) is 11.7. The van der Waals surface area contributed by atoms with Crippen molar-refractivity contribution in [3.8, 4) is 0 Å². The van der Waals surface area contributed by atoms with Crippen LogP contribution in [-0.4, -0.2) is 10.7 Å². The molecule has 1 aromatic heterocycles. The van der Waals surface area contributed by atoms with Gasteiger partial charge in [0.1, 0.15) is 5.82 Å². The number of hydrogen-bond donors (Lipinski definition) is 0. The lowest BCUT2D eigenvalue weighted by atomic mass is 10.0. The molecule has 2 rings (SSSR count). The molecule has 3 heteroatoms. The summed E-state index contributed by atoms with van der Waals surface area (Å²) in [5, 5.41) is 0. The largest absolute Gasteiger partial charge is 0.257 e. The van der Waals surface area contributed by atoms with Crippen molar-refractivity contribution in [1.29, 1.82) is 0 Å². The number of aliphatic imine (C=N–C) groups is 1. The normalized spacial score (nSPS) is 11.4. The van der Waals surface area contributed by atoms with Crippen molar-refractivity contribution in [2.75, 3.05) is 0 Å². The predicted octanol–water partition coefficient (Wildman–Crippen LogP) is 4.78. The molecule has 0 fully saturated rings. The molecule has 0 spiro atoms. The molecular formula is C17H17FN2. The van der Waals surface area contributed by atoms with Gasteiger partial charge in [0.2, 0.25) is 0 Å². The molecule has 1 aromatic carbocycles. The molecule has 0 aliphatic rings. The van der Waals surface area contributed by atoms with Gasteiger partial charge in [0.25, 0.3) is 0 Å². The lowest BCUT2D eigenvalue weighted by Gasteiger charge is -2.09. The number of aromatic nitrogens is 1. The van der Waals surface area contributed by atoms with Gasteiger partial charge in [-0.25, -0.2) is 4.39 Å². The quantitative estimate of drug-likeness (QED) is 0.732. The van der Waals surface area contributed by atoms with Crippen LogP contribution in [0.1, 0.15) is 31.5 Å². The van der Waals surface area contributed by atoms with Crippen molar-refractivity contribution in [3.05, 3.63) is 66.2 Å². The molecule has 0 aliphatic heterocycles. The Kier molecular flexibility index (Phi) is 4.41. The Morgan fingerprint density at radius 2 is 2.10 bits per heavy atom. The van der Waals surface area contributed by atoms with Crippen LogP contribution in [0.3, 0.4) is 0 Å². The van der Waals surface area contributed by atoms with Gasteiger partial charge >= 0.3 is 0 Å². The standard InChI is InChI=1S/C17H17FN2/c1-4-12(2)20-17-9-8-14(18)11-15(17)13(3)16-7-5-6-10-19-16/h5-11H,3-4H2,1-2H3. The predicted molar refractivity (Wildman–Crippen MR) is 81.8 cm³/mol. The highest BCUT2D eigenvalue weighted by Gasteiger charge is 2.10. The molecule has 0 saturated heterocycles. The number of pyridine rings is 1. The Bertz CT molecular complexity index is 645. The van der Waals surface area contributed by atoms with E-state index < -0.39 is 0 Å². The smallest absolute Gasteiger partial charge is 0.123 e. The summed E-state index contributed by atoms with van der Waals surface area (Å²) < 4.78 is 13.5. The Morgan fingerprint density at radius 3 is 2.75 bits per heavy atom. The minimum atomic E-state index is -0.301. The summed E-state index contributed by atoms with van der Waals surface area (Å²) in [5.41, 5.74) is 3.79. The SMILES string of the molecule is C=C(c1ccccn1)c1cc(F)ccc1N=C(C)CC. The van der Waals surface area contributed by atoms with E-state index in [9.17, 15) is 4.39 Å². The van der Waals surface area contributed by atoms with Crippen molar-refractivity contribution in [3.63, 3.8) is 0 Å². The Balaban J connectivity index is 2.50. The molecule has 0 amide bonds. The second-order valence-corrected chi connectivity index (χ2v) is 4.56. The van der Waals surface area contributed by atoms with Gasteiger partial charge in [-0.2, -0.15) is 0 Å². The second-order valence-electron chi connectivity index (χ2n) is 4.56. The van der Waals surface area contributed by atoms with Crippen molar-refractivity contribution in [2.45, 2.75) is 20.3 Å². The van der Waals surface area contributed by atoms with E-state index in [-0.39, 0.29) is 5.82 Å². The highest BCUT2D eigenvalue weighted by molar-refractivity contribution is 5.88. The third kappa shape index (κ3) is 3.18. The maximum absolute atomic E-state index is 13.5. The molecule has 0 atom stereocenters. The molecule has 0 unspecified atom stereocenters. The molecular weight excluding hydrogens is 251 g/mol. The molecule has 0 bridgehead atoms. The van der Waals surface area contributed by atoms with Gasteiger partial charge in [0, 0.05) is 23.0 Å². The summed E-state index contributed by atoms with van der Waals surface area (Å²) in [6.07, 6.45) is 2.55. The van der Waals surface area contributed by atoms with Gasteiger partial charge in [0.05, 0.1) is 11.4 Å². The first-order valence-corrected chi connectivity index (χ1v) is 6.56. The molecule has 2 nitrogen and oxygen atoms in total. The van der Waals surface area contributed by atoms with E-state index in [1.54, 1.807) is 12.3 Å². The highest BCUT2D eigenvalue weighted by Crippen LogP contribution is 2.30. The monoisotopic (exact) mass is 268 g/mol. The molecule has 0 N–H and O–H groups in total. The van der Waals surface area contributed by atoms with E-state index in [1.807, 2.05) is 32.0 Å². The maximum atomic E-state index is 13.5. The van der Waals surface area contributed by atoms with Gasteiger partial charge in [0.15, 0.2) is 0 Å². The van der Waals surface area contributed by atoms with Crippen LogP contribution in [0.5, 0.6) is 0 Å². The second kappa shape index (κ2) is 6.24. The van der Waals surface area contributed by atoms with Gasteiger partial charge in [-0.1, -0.05) is 19.6 Å². The molecule has 0 radical (unpaired) electrons. The first-order valence-electron chi connectivity index (χ1n) is 6.56. The van der Waals surface area contributed by atoms with E-state index in [2.05, 4.69) is 16.6 Å². The lowest BCUT2D eigenvalue weighted by Crippen LogP contribution is -1.93. The van der Waals surface area contributed by atoms with Crippen molar-refractivity contribution in [2.24, 2.45) is 4.99 Å². The minimum Gasteiger partial charge on any atom is -0.257 e. The molecule has 1 heterocycles. The fourth-order valence-corrected chi connectivity index (χ4v) is 1.81. The molecule has 2 aromatic rings. The summed E-state index contributed by atoms with van der Waals surface area (Å²) in [6.45, 7) is 8.02. The van der Waals surface area contributed by atoms with Crippen LogP contribution in [0.4, 0.5) is 10.1 Å². The van der Waals surface area contributed by atoms with Crippen LogP contribution in [0.15, 0.2) is 54.2 Å². The van der Waals surface area contributed by atoms with Gasteiger partial charge in [-0.05, 0) is 43.7 Å². The number of hydrogen-bond acceptors (Lipinski definition) is 2. The Hall–Kier alpha value is -2.29. The van der Waals surface area contributed by atoms with E-state index in [0.29, 0.717) is 11.1 Å². The van der Waals surface area contributed by atoms with Crippen LogP contribution < -0.4 is 0 Å². The Labute approximate surface area is 118 Å². The average molecular weight is 268 g/mol. The van der Waals surface area contributed by atoms with Gasteiger partial charge in [-0.3, -0.25) is 9.98 Å². The number of rotatable bonds is 4. The van der Waals surface area contributed by atoms with Crippen molar-refractivity contribution in [1.82, 2.24) is 4.98 Å². The van der Waals surface area contributed by atoms with Gasteiger partial charge < -0.3 is 0 Å². The van der Waals surface area contributed by atoms with E-state index in [4.69, 9.17) is 0 Å². The van der Waals surface area contributed by atoms with E-state index in [1.165, 1.54) is 12.1 Å². The zero-order chi connectivity index (χ0) is 14.5. The maximum Gasteiger partial charge on any atom is 0.123 e. The lowest BCUT2D eigenvalue weighted by molar-refractivity contribution is 0.627. The molecule has 0 aliphatic carbocycles. The first-order chi connectivity index (χ1) is 9.61. The molecule has 102 valence electrons. The van der Waals surface area contributed by atoms with Crippen LogP contribution in [0.25, 0.3) is 5.57 Å². The van der Waals surface area contributed by atoms with Gasteiger partial charge in [-0.15, -0.1) is 0 Å². The summed E-state index contributed by atoms with van der Waals surface area (Å²) >= 11 is 0. The van der Waals surface area contributed by atoms with E-state index in [0.717, 1.165) is 23.5 Å². The summed E-state index contributed by atoms with van der Waals surface area (Å²) in [5.74, 6) is -0.301.